The Morgan fingerprint density at radius 2 is 1.83 bits per heavy atom. The van der Waals surface area contributed by atoms with Gasteiger partial charge in [-0.25, -0.2) is 8.42 Å². The smallest absolute Gasteiger partial charge is 0.243 e. The Bertz CT molecular complexity index is 808. The normalized spacial score (nSPS) is 14.0. The van der Waals surface area contributed by atoms with Crippen molar-refractivity contribution in [3.8, 4) is 11.5 Å². The molecule has 23 heavy (non-hydrogen) atoms. The highest BCUT2D eigenvalue weighted by Gasteiger charge is 2.22. The predicted molar refractivity (Wildman–Crippen MR) is 87.5 cm³/mol. The van der Waals surface area contributed by atoms with Gasteiger partial charge in [-0.2, -0.15) is 4.31 Å². The summed E-state index contributed by atoms with van der Waals surface area (Å²) in [4.78, 5) is 0.256. The summed E-state index contributed by atoms with van der Waals surface area (Å²) >= 11 is 6.19. The zero-order valence-electron chi connectivity index (χ0n) is 12.5. The van der Waals surface area contributed by atoms with Gasteiger partial charge in [0.1, 0.15) is 13.2 Å². The number of benzene rings is 2. The van der Waals surface area contributed by atoms with Gasteiger partial charge < -0.3 is 9.47 Å². The van der Waals surface area contributed by atoms with E-state index in [0.29, 0.717) is 29.7 Å². The fourth-order valence-corrected chi connectivity index (χ4v) is 3.84. The van der Waals surface area contributed by atoms with Crippen LogP contribution in [0.3, 0.4) is 0 Å². The van der Waals surface area contributed by atoms with Gasteiger partial charge in [-0.1, -0.05) is 29.8 Å². The molecular weight excluding hydrogens is 338 g/mol. The highest BCUT2D eigenvalue weighted by atomic mass is 35.5. The van der Waals surface area contributed by atoms with E-state index >= 15 is 0 Å². The highest BCUT2D eigenvalue weighted by molar-refractivity contribution is 7.89. The average molecular weight is 354 g/mol. The van der Waals surface area contributed by atoms with Crippen LogP contribution >= 0.6 is 11.6 Å². The third kappa shape index (κ3) is 3.29. The third-order valence-electron chi connectivity index (χ3n) is 3.51. The lowest BCUT2D eigenvalue weighted by Gasteiger charge is -2.22. The Labute approximate surface area is 140 Å². The van der Waals surface area contributed by atoms with E-state index < -0.39 is 10.0 Å². The van der Waals surface area contributed by atoms with Crippen LogP contribution in [0, 0.1) is 0 Å². The lowest BCUT2D eigenvalue weighted by atomic mass is 10.2. The van der Waals surface area contributed by atoms with Crippen LogP contribution < -0.4 is 9.47 Å². The number of ether oxygens (including phenoxy) is 2. The molecule has 5 nitrogen and oxygen atoms in total. The van der Waals surface area contributed by atoms with E-state index in [1.165, 1.54) is 11.4 Å². The summed E-state index contributed by atoms with van der Waals surface area (Å²) in [7, 11) is -2.02. The highest BCUT2D eigenvalue weighted by Crippen LogP contribution is 2.38. The first kappa shape index (κ1) is 16.1. The molecule has 1 heterocycles. The van der Waals surface area contributed by atoms with E-state index in [0.717, 1.165) is 5.56 Å². The van der Waals surface area contributed by atoms with Gasteiger partial charge >= 0.3 is 0 Å². The maximum Gasteiger partial charge on any atom is 0.243 e. The van der Waals surface area contributed by atoms with Crippen LogP contribution in [-0.2, 0) is 16.6 Å². The Hall–Kier alpha value is -1.76. The van der Waals surface area contributed by atoms with Gasteiger partial charge in [0.05, 0.1) is 9.92 Å². The lowest BCUT2D eigenvalue weighted by molar-refractivity contribution is 0.171. The molecule has 0 saturated heterocycles. The summed E-state index contributed by atoms with van der Waals surface area (Å²) in [5, 5.41) is 0.419. The van der Waals surface area contributed by atoms with E-state index in [-0.39, 0.29) is 11.4 Å². The maximum atomic E-state index is 12.5. The minimum atomic E-state index is -3.55. The molecule has 2 aromatic rings. The molecule has 0 bridgehead atoms. The largest absolute Gasteiger partial charge is 0.486 e. The van der Waals surface area contributed by atoms with Crippen molar-refractivity contribution in [1.82, 2.24) is 4.31 Å². The molecule has 0 N–H and O–H groups in total. The van der Waals surface area contributed by atoms with E-state index in [1.54, 1.807) is 42.5 Å². The van der Waals surface area contributed by atoms with Crippen molar-refractivity contribution < 1.29 is 17.9 Å². The van der Waals surface area contributed by atoms with Crippen molar-refractivity contribution >= 4 is 21.6 Å². The molecule has 2 aromatic carbocycles. The summed E-state index contributed by atoms with van der Waals surface area (Å²) in [6, 6.07) is 11.8. The summed E-state index contributed by atoms with van der Waals surface area (Å²) in [5.74, 6) is 1.06. The molecule has 0 spiro atoms. The number of sulfonamides is 1. The van der Waals surface area contributed by atoms with Gasteiger partial charge in [-0.3, -0.25) is 0 Å². The molecule has 0 saturated carbocycles. The van der Waals surface area contributed by atoms with Gasteiger partial charge in [0.2, 0.25) is 10.0 Å². The van der Waals surface area contributed by atoms with Crippen molar-refractivity contribution in [1.29, 1.82) is 0 Å². The Balaban J connectivity index is 1.86. The van der Waals surface area contributed by atoms with Crippen LogP contribution in [0.5, 0.6) is 11.5 Å². The molecule has 7 heteroatoms. The number of hydrogen-bond donors (Lipinski definition) is 0. The van der Waals surface area contributed by atoms with Crippen molar-refractivity contribution in [3.63, 3.8) is 0 Å². The number of nitrogens with zero attached hydrogens (tertiary/aromatic N) is 1. The minimum absolute atomic E-state index is 0.188. The van der Waals surface area contributed by atoms with Crippen LogP contribution in [0.25, 0.3) is 0 Å². The van der Waals surface area contributed by atoms with Crippen LogP contribution in [0.1, 0.15) is 5.56 Å². The minimum Gasteiger partial charge on any atom is -0.486 e. The molecule has 0 radical (unpaired) electrons. The van der Waals surface area contributed by atoms with Crippen LogP contribution in [0.2, 0.25) is 5.02 Å². The van der Waals surface area contributed by atoms with Gasteiger partial charge in [0.15, 0.2) is 11.5 Å². The number of rotatable bonds is 4. The summed E-state index contributed by atoms with van der Waals surface area (Å²) < 4.78 is 37.4. The van der Waals surface area contributed by atoms with E-state index in [1.807, 2.05) is 0 Å². The van der Waals surface area contributed by atoms with Crippen molar-refractivity contribution in [2.24, 2.45) is 0 Å². The molecule has 0 atom stereocenters. The predicted octanol–water partition coefficient (Wildman–Crippen LogP) is 2.93. The second kappa shape index (κ2) is 6.39. The number of fused-ring (bicyclic) bond motifs is 1. The van der Waals surface area contributed by atoms with Crippen LogP contribution in [0.4, 0.5) is 0 Å². The van der Waals surface area contributed by atoms with Crippen molar-refractivity contribution in [2.45, 2.75) is 11.4 Å². The monoisotopic (exact) mass is 353 g/mol. The average Bonchev–Trinajstić information content (AvgIpc) is 2.55. The first-order valence-electron chi connectivity index (χ1n) is 7.08. The van der Waals surface area contributed by atoms with Gasteiger partial charge in [-0.15, -0.1) is 0 Å². The Morgan fingerprint density at radius 3 is 2.57 bits per heavy atom. The third-order valence-corrected chi connectivity index (χ3v) is 5.61. The fraction of sp³-hybridized carbons (Fsp3) is 0.250. The molecule has 1 aliphatic rings. The van der Waals surface area contributed by atoms with Crippen molar-refractivity contribution in [3.05, 3.63) is 53.1 Å². The zero-order valence-corrected chi connectivity index (χ0v) is 14.1. The quantitative estimate of drug-likeness (QED) is 0.848. The standard InChI is InChI=1S/C16H16ClNO4S/c1-18(23(19,20)13-5-3-2-4-6-13)11-12-9-14(17)16-15(10-12)21-7-8-22-16/h2-6,9-10H,7-8,11H2,1H3. The number of hydrogen-bond acceptors (Lipinski definition) is 4. The molecule has 122 valence electrons. The van der Waals surface area contributed by atoms with E-state index in [2.05, 4.69) is 0 Å². The molecule has 0 aliphatic carbocycles. The molecular formula is C16H16ClNO4S. The fourth-order valence-electron chi connectivity index (χ4n) is 2.37. The second-order valence-electron chi connectivity index (χ2n) is 5.18. The van der Waals surface area contributed by atoms with Crippen LogP contribution in [-0.4, -0.2) is 33.0 Å². The molecule has 1 aliphatic heterocycles. The molecule has 0 fully saturated rings. The SMILES string of the molecule is CN(Cc1cc(Cl)c2c(c1)OCCO2)S(=O)(=O)c1ccccc1. The summed E-state index contributed by atoms with van der Waals surface area (Å²) in [6.45, 7) is 1.09. The lowest BCUT2D eigenvalue weighted by Crippen LogP contribution is -2.26. The van der Waals surface area contributed by atoms with E-state index in [9.17, 15) is 8.42 Å². The molecule has 0 aromatic heterocycles. The zero-order chi connectivity index (χ0) is 16.4. The topological polar surface area (TPSA) is 55.8 Å². The maximum absolute atomic E-state index is 12.5. The Kier molecular flexibility index (Phi) is 4.48. The van der Waals surface area contributed by atoms with Gasteiger partial charge in [-0.05, 0) is 29.8 Å². The first-order chi connectivity index (χ1) is 11.0. The molecule has 0 unspecified atom stereocenters. The molecule has 3 rings (SSSR count). The first-order valence-corrected chi connectivity index (χ1v) is 8.90. The van der Waals surface area contributed by atoms with Crippen LogP contribution in [0.15, 0.2) is 47.4 Å². The summed E-state index contributed by atoms with van der Waals surface area (Å²) in [6.07, 6.45) is 0. The van der Waals surface area contributed by atoms with Crippen molar-refractivity contribution in [2.75, 3.05) is 20.3 Å². The molecule has 0 amide bonds. The number of halogens is 1. The van der Waals surface area contributed by atoms with E-state index in [4.69, 9.17) is 21.1 Å². The van der Waals surface area contributed by atoms with Gasteiger partial charge in [0, 0.05) is 13.6 Å². The Morgan fingerprint density at radius 1 is 1.13 bits per heavy atom. The second-order valence-corrected chi connectivity index (χ2v) is 7.63. The van der Waals surface area contributed by atoms with Gasteiger partial charge in [0.25, 0.3) is 0 Å². The summed E-state index contributed by atoms with van der Waals surface area (Å²) in [5.41, 5.74) is 0.737.